The van der Waals surface area contributed by atoms with Gasteiger partial charge in [0.15, 0.2) is 5.58 Å². The molecule has 0 saturated heterocycles. The van der Waals surface area contributed by atoms with Gasteiger partial charge in [0.2, 0.25) is 0 Å². The van der Waals surface area contributed by atoms with Crippen LogP contribution < -0.4 is 0 Å². The molecule has 0 fully saturated rings. The lowest BCUT2D eigenvalue weighted by molar-refractivity contribution is 0.450. The predicted octanol–water partition coefficient (Wildman–Crippen LogP) is 1.97. The Morgan fingerprint density at radius 3 is 2.80 bits per heavy atom. The summed E-state index contributed by atoms with van der Waals surface area (Å²) in [7, 11) is -4.18. The zero-order valence-electron chi connectivity index (χ0n) is 7.34. The summed E-state index contributed by atoms with van der Waals surface area (Å²) in [4.78, 5) is -0.166. The molecule has 5 nitrogen and oxygen atoms in total. The average molecular weight is 292 g/mol. The van der Waals surface area contributed by atoms with E-state index in [2.05, 4.69) is 21.1 Å². The van der Waals surface area contributed by atoms with E-state index in [0.717, 1.165) is 0 Å². The molecule has 1 aromatic carbocycles. The Morgan fingerprint density at radius 2 is 2.20 bits per heavy atom. The van der Waals surface area contributed by atoms with Crippen molar-refractivity contribution in [1.82, 2.24) is 5.16 Å². The van der Waals surface area contributed by atoms with Crippen LogP contribution in [0, 0.1) is 0 Å². The summed E-state index contributed by atoms with van der Waals surface area (Å²) in [5.74, 6) is 0. The Kier molecular flexibility index (Phi) is 2.53. The number of hydrogen-bond acceptors (Lipinski definition) is 4. The number of halogens is 1. The predicted molar refractivity (Wildman–Crippen MR) is 56.5 cm³/mol. The molecule has 0 radical (unpaired) electrons. The van der Waals surface area contributed by atoms with E-state index in [-0.39, 0.29) is 4.90 Å². The van der Waals surface area contributed by atoms with Crippen LogP contribution in [-0.2, 0) is 15.4 Å². The molecule has 0 aliphatic carbocycles. The first kappa shape index (κ1) is 10.6. The Labute approximate surface area is 93.9 Å². The summed E-state index contributed by atoms with van der Waals surface area (Å²) in [5.41, 5.74) is 1.08. The molecule has 1 aromatic heterocycles. The second-order valence-electron chi connectivity index (χ2n) is 2.90. The SMILES string of the molecule is O=S(=O)(O)c1ccc2onc(CBr)c2c1. The molecule has 0 atom stereocenters. The number of benzene rings is 1. The van der Waals surface area contributed by atoms with Crippen LogP contribution in [-0.4, -0.2) is 18.1 Å². The van der Waals surface area contributed by atoms with Crippen LogP contribution in [0.15, 0.2) is 27.6 Å². The summed E-state index contributed by atoms with van der Waals surface area (Å²) in [6, 6.07) is 4.05. The van der Waals surface area contributed by atoms with Gasteiger partial charge in [0, 0.05) is 10.7 Å². The molecule has 0 amide bonds. The summed E-state index contributed by atoms with van der Waals surface area (Å²) in [6.45, 7) is 0. The van der Waals surface area contributed by atoms with Gasteiger partial charge in [-0.25, -0.2) is 0 Å². The first-order valence-electron chi connectivity index (χ1n) is 3.94. The van der Waals surface area contributed by atoms with Gasteiger partial charge in [-0.1, -0.05) is 21.1 Å². The molecule has 0 spiro atoms. The Morgan fingerprint density at radius 1 is 1.47 bits per heavy atom. The first-order valence-corrected chi connectivity index (χ1v) is 6.50. The maximum absolute atomic E-state index is 10.9. The van der Waals surface area contributed by atoms with Crippen LogP contribution in [0.5, 0.6) is 0 Å². The van der Waals surface area contributed by atoms with Crippen molar-refractivity contribution in [2.75, 3.05) is 0 Å². The van der Waals surface area contributed by atoms with Crippen molar-refractivity contribution in [3.05, 3.63) is 23.9 Å². The van der Waals surface area contributed by atoms with Crippen molar-refractivity contribution < 1.29 is 17.5 Å². The van der Waals surface area contributed by atoms with Crippen molar-refractivity contribution in [3.63, 3.8) is 0 Å². The van der Waals surface area contributed by atoms with Crippen molar-refractivity contribution in [3.8, 4) is 0 Å². The molecule has 80 valence electrons. The number of aromatic nitrogens is 1. The van der Waals surface area contributed by atoms with Gasteiger partial charge in [0.05, 0.1) is 4.90 Å². The summed E-state index contributed by atoms with van der Waals surface area (Å²) in [6.07, 6.45) is 0. The van der Waals surface area contributed by atoms with E-state index in [1.54, 1.807) is 0 Å². The molecule has 0 saturated carbocycles. The lowest BCUT2D eigenvalue weighted by Crippen LogP contribution is -1.97. The lowest BCUT2D eigenvalue weighted by Gasteiger charge is -1.95. The van der Waals surface area contributed by atoms with Crippen LogP contribution >= 0.6 is 15.9 Å². The van der Waals surface area contributed by atoms with Crippen LogP contribution in [0.25, 0.3) is 11.0 Å². The van der Waals surface area contributed by atoms with Gasteiger partial charge < -0.3 is 4.52 Å². The first-order chi connectivity index (χ1) is 7.02. The molecule has 0 aliphatic heterocycles. The normalized spacial score (nSPS) is 12.1. The Balaban J connectivity index is 2.73. The number of nitrogens with zero attached hydrogens (tertiary/aromatic N) is 1. The molecular formula is C8H6BrNO4S. The highest BCUT2D eigenvalue weighted by molar-refractivity contribution is 9.08. The van der Waals surface area contributed by atoms with Crippen molar-refractivity contribution in [1.29, 1.82) is 0 Å². The summed E-state index contributed by atoms with van der Waals surface area (Å²) in [5, 5.41) is 4.76. The third-order valence-corrected chi connectivity index (χ3v) is 3.32. The number of alkyl halides is 1. The van der Waals surface area contributed by atoms with Crippen LogP contribution in [0.4, 0.5) is 0 Å². The zero-order chi connectivity index (χ0) is 11.1. The number of hydrogen-bond donors (Lipinski definition) is 1. The largest absolute Gasteiger partial charge is 0.356 e. The standard InChI is InChI=1S/C8H6BrNO4S/c9-4-7-6-3-5(15(11,12)13)1-2-8(6)14-10-7/h1-3H,4H2,(H,11,12,13). The molecule has 2 rings (SSSR count). The van der Waals surface area contributed by atoms with Gasteiger partial charge in [0.1, 0.15) is 5.69 Å². The van der Waals surface area contributed by atoms with Gasteiger partial charge in [-0.3, -0.25) is 4.55 Å². The summed E-state index contributed by atoms with van der Waals surface area (Å²) >= 11 is 3.20. The maximum atomic E-state index is 10.9. The molecule has 7 heteroatoms. The third kappa shape index (κ3) is 1.90. The van der Waals surface area contributed by atoms with Gasteiger partial charge >= 0.3 is 0 Å². The molecule has 0 aliphatic rings. The molecule has 2 aromatic rings. The van der Waals surface area contributed by atoms with E-state index < -0.39 is 10.1 Å². The molecular weight excluding hydrogens is 286 g/mol. The van der Waals surface area contributed by atoms with Crippen molar-refractivity contribution in [2.45, 2.75) is 10.2 Å². The topological polar surface area (TPSA) is 80.4 Å². The second kappa shape index (κ2) is 3.58. The van der Waals surface area contributed by atoms with Crippen molar-refractivity contribution >= 4 is 37.0 Å². The monoisotopic (exact) mass is 291 g/mol. The van der Waals surface area contributed by atoms with Crippen LogP contribution in [0.2, 0.25) is 0 Å². The quantitative estimate of drug-likeness (QED) is 0.676. The molecule has 0 unspecified atom stereocenters. The van der Waals surface area contributed by atoms with Gasteiger partial charge in [-0.15, -0.1) is 0 Å². The van der Waals surface area contributed by atoms with E-state index in [1.807, 2.05) is 0 Å². The number of fused-ring (bicyclic) bond motifs is 1. The number of rotatable bonds is 2. The molecule has 1 heterocycles. The Hall–Kier alpha value is -0.920. The minimum atomic E-state index is -4.18. The van der Waals surface area contributed by atoms with Gasteiger partial charge in [-0.2, -0.15) is 8.42 Å². The highest BCUT2D eigenvalue weighted by Gasteiger charge is 2.13. The lowest BCUT2D eigenvalue weighted by atomic mass is 10.2. The zero-order valence-corrected chi connectivity index (χ0v) is 9.75. The van der Waals surface area contributed by atoms with E-state index in [1.165, 1.54) is 18.2 Å². The third-order valence-electron chi connectivity index (χ3n) is 1.94. The van der Waals surface area contributed by atoms with Gasteiger partial charge in [0.25, 0.3) is 10.1 Å². The van der Waals surface area contributed by atoms with Crippen LogP contribution in [0.3, 0.4) is 0 Å². The molecule has 1 N–H and O–H groups in total. The fraction of sp³-hybridized carbons (Fsp3) is 0.125. The molecule has 15 heavy (non-hydrogen) atoms. The second-order valence-corrected chi connectivity index (χ2v) is 4.88. The van der Waals surface area contributed by atoms with Crippen LogP contribution in [0.1, 0.15) is 5.69 Å². The Bertz CT molecular complexity index is 604. The fourth-order valence-electron chi connectivity index (χ4n) is 1.22. The smallest absolute Gasteiger partial charge is 0.294 e. The van der Waals surface area contributed by atoms with Crippen molar-refractivity contribution in [2.24, 2.45) is 0 Å². The van der Waals surface area contributed by atoms with Gasteiger partial charge in [-0.05, 0) is 18.2 Å². The minimum Gasteiger partial charge on any atom is -0.356 e. The maximum Gasteiger partial charge on any atom is 0.294 e. The van der Waals surface area contributed by atoms with E-state index in [0.29, 0.717) is 22.0 Å². The van der Waals surface area contributed by atoms with E-state index in [9.17, 15) is 8.42 Å². The highest BCUT2D eigenvalue weighted by Crippen LogP contribution is 2.23. The minimum absolute atomic E-state index is 0.166. The molecule has 0 bridgehead atoms. The fourth-order valence-corrected chi connectivity index (χ4v) is 2.14. The summed E-state index contributed by atoms with van der Waals surface area (Å²) < 4.78 is 35.6. The highest BCUT2D eigenvalue weighted by atomic mass is 79.9. The van der Waals surface area contributed by atoms with E-state index >= 15 is 0 Å². The van der Waals surface area contributed by atoms with E-state index in [4.69, 9.17) is 9.08 Å². The average Bonchev–Trinajstić information content (AvgIpc) is 2.57.